The SMILES string of the molecule is CC(C)OC12SC=CC1=C1C(=C3C=CSC32OC(C)C)C(F)(F)C(F)(F)C1(F)F. The highest BCUT2D eigenvalue weighted by Gasteiger charge is 2.85. The average Bonchev–Trinajstić information content (AvgIpc) is 3.18. The van der Waals surface area contributed by atoms with Crippen molar-refractivity contribution in [2.45, 2.75) is 67.5 Å². The van der Waals surface area contributed by atoms with Gasteiger partial charge < -0.3 is 9.47 Å². The lowest BCUT2D eigenvalue weighted by atomic mass is 9.80. The molecule has 2 aliphatic carbocycles. The smallest absolute Gasteiger partial charge is 0.353 e. The zero-order chi connectivity index (χ0) is 21.6. The Morgan fingerprint density at radius 2 is 1.03 bits per heavy atom. The van der Waals surface area contributed by atoms with Crippen molar-refractivity contribution in [3.05, 3.63) is 45.3 Å². The van der Waals surface area contributed by atoms with E-state index in [0.717, 1.165) is 35.7 Å². The van der Waals surface area contributed by atoms with E-state index in [1.165, 1.54) is 10.8 Å². The molecule has 1 fully saturated rings. The van der Waals surface area contributed by atoms with Crippen molar-refractivity contribution in [3.8, 4) is 0 Å². The molecule has 0 aromatic carbocycles. The molecule has 0 radical (unpaired) electrons. The molecule has 0 N–H and O–H groups in total. The summed E-state index contributed by atoms with van der Waals surface area (Å²) in [5.74, 6) is -15.7. The number of hydrogen-bond acceptors (Lipinski definition) is 4. The average molecular weight is 456 g/mol. The normalized spacial score (nSPS) is 35.7. The summed E-state index contributed by atoms with van der Waals surface area (Å²) < 4.78 is 100. The van der Waals surface area contributed by atoms with Gasteiger partial charge in [-0.15, -0.1) is 0 Å². The highest BCUT2D eigenvalue weighted by atomic mass is 32.2. The summed E-state index contributed by atoms with van der Waals surface area (Å²) in [7, 11) is 0. The highest BCUT2D eigenvalue weighted by Crippen LogP contribution is 2.73. The molecular weight excluding hydrogens is 438 g/mol. The third-order valence-electron chi connectivity index (χ3n) is 5.09. The van der Waals surface area contributed by atoms with Crippen molar-refractivity contribution >= 4 is 23.5 Å². The van der Waals surface area contributed by atoms with E-state index >= 15 is 0 Å². The maximum Gasteiger partial charge on any atom is 0.380 e. The summed E-state index contributed by atoms with van der Waals surface area (Å²) in [6.07, 6.45) is 1.28. The van der Waals surface area contributed by atoms with Crippen LogP contribution >= 0.6 is 23.5 Å². The van der Waals surface area contributed by atoms with Gasteiger partial charge in [0.25, 0.3) is 0 Å². The van der Waals surface area contributed by atoms with Gasteiger partial charge in [0.1, 0.15) is 0 Å². The quantitative estimate of drug-likeness (QED) is 0.464. The van der Waals surface area contributed by atoms with Crippen LogP contribution in [0, 0.1) is 0 Å². The molecule has 0 aromatic rings. The first kappa shape index (κ1) is 21.4. The second-order valence-electron chi connectivity index (χ2n) is 7.71. The van der Waals surface area contributed by atoms with Gasteiger partial charge in [0.2, 0.25) is 0 Å². The van der Waals surface area contributed by atoms with E-state index in [-0.39, 0.29) is 0 Å². The first-order valence-electron chi connectivity index (χ1n) is 8.95. The van der Waals surface area contributed by atoms with Crippen LogP contribution in [0.5, 0.6) is 0 Å². The van der Waals surface area contributed by atoms with E-state index in [9.17, 15) is 26.3 Å². The van der Waals surface area contributed by atoms with E-state index in [1.54, 1.807) is 27.7 Å². The molecule has 2 atom stereocenters. The maximum absolute atomic E-state index is 14.9. The lowest BCUT2D eigenvalue weighted by molar-refractivity contribution is -0.258. The van der Waals surface area contributed by atoms with E-state index in [2.05, 4.69) is 0 Å². The second kappa shape index (κ2) is 6.11. The van der Waals surface area contributed by atoms with Crippen molar-refractivity contribution in [2.24, 2.45) is 0 Å². The van der Waals surface area contributed by atoms with E-state index in [4.69, 9.17) is 9.47 Å². The summed E-state index contributed by atoms with van der Waals surface area (Å²) in [5, 5.41) is 2.81. The molecule has 2 heterocycles. The zero-order valence-electron chi connectivity index (χ0n) is 15.9. The molecule has 2 nitrogen and oxygen atoms in total. The molecule has 2 unspecified atom stereocenters. The Bertz CT molecular complexity index is 819. The van der Waals surface area contributed by atoms with Gasteiger partial charge >= 0.3 is 17.8 Å². The molecule has 0 spiro atoms. The summed E-state index contributed by atoms with van der Waals surface area (Å²) in [5.41, 5.74) is -3.51. The number of halogens is 6. The molecule has 1 saturated carbocycles. The first-order valence-corrected chi connectivity index (χ1v) is 10.7. The van der Waals surface area contributed by atoms with Crippen molar-refractivity contribution in [1.29, 1.82) is 0 Å². The Hall–Kier alpha value is -0.840. The second-order valence-corrected chi connectivity index (χ2v) is 9.87. The summed E-state index contributed by atoms with van der Waals surface area (Å²) in [4.78, 5) is -3.43. The number of alkyl halides is 6. The van der Waals surface area contributed by atoms with Crippen LogP contribution in [-0.2, 0) is 9.47 Å². The molecular formula is C19H18F6O2S2. The Balaban J connectivity index is 2.14. The van der Waals surface area contributed by atoms with Gasteiger partial charge in [0.15, 0.2) is 9.87 Å². The monoisotopic (exact) mass is 456 g/mol. The number of fused-ring (bicyclic) bond motifs is 4. The number of hydrogen-bond donors (Lipinski definition) is 0. The van der Waals surface area contributed by atoms with Crippen LogP contribution in [-0.4, -0.2) is 39.8 Å². The molecule has 10 heteroatoms. The number of allylic oxidation sites excluding steroid dienone is 2. The van der Waals surface area contributed by atoms with Crippen LogP contribution in [0.4, 0.5) is 26.3 Å². The minimum atomic E-state index is -5.58. The Morgan fingerprint density at radius 1 is 0.690 bits per heavy atom. The van der Waals surface area contributed by atoms with Crippen LogP contribution in [0.3, 0.4) is 0 Å². The fourth-order valence-electron chi connectivity index (χ4n) is 4.18. The topological polar surface area (TPSA) is 18.5 Å². The van der Waals surface area contributed by atoms with E-state index in [0.29, 0.717) is 0 Å². The predicted molar refractivity (Wildman–Crippen MR) is 100 cm³/mol. The molecule has 0 aromatic heterocycles. The lowest BCUT2D eigenvalue weighted by Gasteiger charge is -2.50. The summed E-state index contributed by atoms with van der Waals surface area (Å²) in [6.45, 7) is 6.61. The predicted octanol–water partition coefficient (Wildman–Crippen LogP) is 6.28. The van der Waals surface area contributed by atoms with Crippen LogP contribution in [0.15, 0.2) is 45.3 Å². The molecule has 160 valence electrons. The molecule has 0 amide bonds. The Kier molecular flexibility index (Phi) is 4.51. The highest BCUT2D eigenvalue weighted by molar-refractivity contribution is 8.08. The van der Waals surface area contributed by atoms with Crippen molar-refractivity contribution in [1.82, 2.24) is 0 Å². The van der Waals surface area contributed by atoms with Crippen LogP contribution in [0.1, 0.15) is 27.7 Å². The van der Waals surface area contributed by atoms with Gasteiger partial charge in [0.05, 0.1) is 12.2 Å². The van der Waals surface area contributed by atoms with Crippen molar-refractivity contribution in [2.75, 3.05) is 0 Å². The van der Waals surface area contributed by atoms with Crippen molar-refractivity contribution in [3.63, 3.8) is 0 Å². The van der Waals surface area contributed by atoms with Crippen LogP contribution in [0.25, 0.3) is 0 Å². The summed E-state index contributed by atoms with van der Waals surface area (Å²) in [6, 6.07) is 0. The number of rotatable bonds is 4. The molecule has 0 saturated heterocycles. The number of ether oxygens (including phenoxy) is 2. The molecule has 2 aliphatic heterocycles. The third-order valence-corrected chi connectivity index (χ3v) is 7.63. The minimum Gasteiger partial charge on any atom is -0.353 e. The Labute approximate surface area is 172 Å². The van der Waals surface area contributed by atoms with Crippen LogP contribution in [0.2, 0.25) is 0 Å². The fourth-order valence-corrected chi connectivity index (χ4v) is 6.98. The van der Waals surface area contributed by atoms with Crippen LogP contribution < -0.4 is 0 Å². The summed E-state index contributed by atoms with van der Waals surface area (Å²) >= 11 is 1.93. The third kappa shape index (κ3) is 2.32. The van der Waals surface area contributed by atoms with Crippen molar-refractivity contribution < 1.29 is 35.8 Å². The zero-order valence-corrected chi connectivity index (χ0v) is 17.5. The van der Waals surface area contributed by atoms with Gasteiger partial charge in [-0.25, -0.2) is 0 Å². The largest absolute Gasteiger partial charge is 0.380 e. The van der Waals surface area contributed by atoms with Gasteiger partial charge in [-0.3, -0.25) is 0 Å². The lowest BCUT2D eigenvalue weighted by Crippen LogP contribution is -2.57. The molecule has 4 aliphatic rings. The Morgan fingerprint density at radius 3 is 1.34 bits per heavy atom. The van der Waals surface area contributed by atoms with E-state index < -0.39 is 62.1 Å². The van der Waals surface area contributed by atoms with Gasteiger partial charge in [-0.2, -0.15) is 26.3 Å². The number of thioether (sulfide) groups is 2. The van der Waals surface area contributed by atoms with Gasteiger partial charge in [-0.1, -0.05) is 23.5 Å². The van der Waals surface area contributed by atoms with Gasteiger partial charge in [0, 0.05) is 22.3 Å². The maximum atomic E-state index is 14.9. The van der Waals surface area contributed by atoms with E-state index in [1.807, 2.05) is 0 Å². The molecule has 29 heavy (non-hydrogen) atoms. The molecule has 4 rings (SSSR count). The van der Waals surface area contributed by atoms with Gasteiger partial charge in [-0.05, 0) is 50.7 Å². The minimum absolute atomic E-state index is 0.395. The first-order chi connectivity index (χ1) is 13.3. The standard InChI is InChI=1S/C19H18F6O2S2/c1-9(2)26-17-11(5-7-28-17)13-14(16(22,23)19(24,25)15(13,20)21)12-6-8-29-18(12,17)27-10(3)4/h5-10H,1-4H3. The molecule has 0 bridgehead atoms. The fraction of sp³-hybridized carbons (Fsp3) is 0.579.